The molecule has 0 bridgehead atoms. The van der Waals surface area contributed by atoms with Crippen molar-refractivity contribution in [3.63, 3.8) is 0 Å². The number of nitro groups is 1. The number of hydrogen-bond donors (Lipinski definition) is 1. The summed E-state index contributed by atoms with van der Waals surface area (Å²) in [6.07, 6.45) is 9.26. The van der Waals surface area contributed by atoms with Gasteiger partial charge in [0.2, 0.25) is 6.54 Å². The molecule has 0 aliphatic heterocycles. The summed E-state index contributed by atoms with van der Waals surface area (Å²) in [6, 6.07) is 0. The second-order valence-corrected chi connectivity index (χ2v) is 10.6. The first-order valence-electron chi connectivity index (χ1n) is 11.3. The normalized spacial score (nSPS) is 46.9. The predicted octanol–water partition coefficient (Wildman–Crippen LogP) is 4.45. The highest BCUT2D eigenvalue weighted by molar-refractivity contribution is 5.85. The van der Waals surface area contributed by atoms with Gasteiger partial charge in [-0.15, -0.1) is 0 Å². The minimum absolute atomic E-state index is 0.0231. The van der Waals surface area contributed by atoms with Crippen molar-refractivity contribution in [1.82, 2.24) is 0 Å². The maximum absolute atomic E-state index is 11.4. The van der Waals surface area contributed by atoms with E-state index in [0.29, 0.717) is 17.8 Å². The van der Waals surface area contributed by atoms with Gasteiger partial charge in [-0.25, -0.2) is 0 Å². The second kappa shape index (κ2) is 7.36. The molecule has 0 amide bonds. The molecular weight excluding hydrogens is 368 g/mol. The highest BCUT2D eigenvalue weighted by Crippen LogP contribution is 2.67. The van der Waals surface area contributed by atoms with Gasteiger partial charge < -0.3 is 9.94 Å². The van der Waals surface area contributed by atoms with Crippen molar-refractivity contribution in [1.29, 1.82) is 0 Å². The molecule has 4 aliphatic carbocycles. The van der Waals surface area contributed by atoms with Gasteiger partial charge in [0, 0.05) is 16.8 Å². The third kappa shape index (κ3) is 3.22. The van der Waals surface area contributed by atoms with E-state index < -0.39 is 0 Å². The van der Waals surface area contributed by atoms with E-state index in [2.05, 4.69) is 25.1 Å². The Bertz CT molecular complexity index is 734. The zero-order chi connectivity index (χ0) is 21.0. The van der Waals surface area contributed by atoms with Crippen LogP contribution in [0.15, 0.2) is 16.8 Å². The Morgan fingerprint density at radius 2 is 2.10 bits per heavy atom. The summed E-state index contributed by atoms with van der Waals surface area (Å²) >= 11 is 0. The van der Waals surface area contributed by atoms with Crippen molar-refractivity contribution in [2.45, 2.75) is 71.8 Å². The Labute approximate surface area is 173 Å². The Hall–Kier alpha value is -1.43. The second-order valence-electron chi connectivity index (χ2n) is 10.6. The molecule has 29 heavy (non-hydrogen) atoms. The highest BCUT2D eigenvalue weighted by Gasteiger charge is 2.62. The lowest BCUT2D eigenvalue weighted by Gasteiger charge is -2.58. The number of aliphatic hydroxyl groups is 1. The van der Waals surface area contributed by atoms with Gasteiger partial charge in [-0.2, -0.15) is 0 Å². The molecule has 6 heteroatoms. The molecule has 4 aliphatic rings. The molecule has 0 spiro atoms. The first kappa shape index (κ1) is 20.8. The van der Waals surface area contributed by atoms with Crippen molar-refractivity contribution >= 4 is 5.71 Å². The fraction of sp³-hybridized carbons (Fsp3) is 0.870. The van der Waals surface area contributed by atoms with Gasteiger partial charge >= 0.3 is 0 Å². The largest absolute Gasteiger partial charge is 0.399 e. The average Bonchev–Trinajstić information content (AvgIpc) is 2.93. The lowest BCUT2D eigenvalue weighted by atomic mass is 9.47. The maximum atomic E-state index is 11.4. The first-order valence-corrected chi connectivity index (χ1v) is 11.3. The Morgan fingerprint density at radius 3 is 2.79 bits per heavy atom. The summed E-state index contributed by atoms with van der Waals surface area (Å²) in [4.78, 5) is 16.4. The van der Waals surface area contributed by atoms with Crippen LogP contribution in [0.2, 0.25) is 0 Å². The van der Waals surface area contributed by atoms with Gasteiger partial charge in [0.05, 0.1) is 11.8 Å². The summed E-state index contributed by atoms with van der Waals surface area (Å²) in [5.41, 5.74) is 2.62. The molecule has 8 atom stereocenters. The van der Waals surface area contributed by atoms with Crippen LogP contribution in [-0.4, -0.2) is 35.5 Å². The van der Waals surface area contributed by atoms with Crippen molar-refractivity contribution in [3.05, 3.63) is 21.8 Å². The van der Waals surface area contributed by atoms with Crippen LogP contribution in [0.1, 0.15) is 65.7 Å². The molecule has 0 aromatic rings. The van der Waals surface area contributed by atoms with Crippen molar-refractivity contribution < 1.29 is 14.9 Å². The molecule has 162 valence electrons. The SMILES string of the molecule is CO/N=C(\C)[C@H]1[C@H](C[N+](=O)[O-])C[C@H]2[C@H]3CC=C4C[C@@H](O)CC[C@]4(C)[C@H]3CC[C@@]21C. The number of rotatable bonds is 4. The molecule has 6 nitrogen and oxygen atoms in total. The lowest BCUT2D eigenvalue weighted by molar-refractivity contribution is -0.489. The van der Waals surface area contributed by atoms with Crippen LogP contribution >= 0.6 is 0 Å². The molecule has 0 heterocycles. The van der Waals surface area contributed by atoms with Gasteiger partial charge in [0.1, 0.15) is 7.11 Å². The molecular formula is C23H36N2O4. The summed E-state index contributed by atoms with van der Waals surface area (Å²) in [7, 11) is 1.56. The van der Waals surface area contributed by atoms with Crippen LogP contribution in [-0.2, 0) is 4.84 Å². The Balaban J connectivity index is 1.68. The third-order valence-corrected chi connectivity index (χ3v) is 9.32. The number of allylic oxidation sites excluding steroid dienone is 1. The number of fused-ring (bicyclic) bond motifs is 5. The molecule has 0 unspecified atom stereocenters. The molecule has 0 saturated heterocycles. The quantitative estimate of drug-likeness (QED) is 0.325. The topological polar surface area (TPSA) is 85.0 Å². The van der Waals surface area contributed by atoms with Crippen LogP contribution in [0.4, 0.5) is 0 Å². The van der Waals surface area contributed by atoms with E-state index in [1.54, 1.807) is 7.11 Å². The Morgan fingerprint density at radius 1 is 1.34 bits per heavy atom. The van der Waals surface area contributed by atoms with Gasteiger partial charge in [-0.1, -0.05) is 30.7 Å². The lowest BCUT2D eigenvalue weighted by Crippen LogP contribution is -2.51. The van der Waals surface area contributed by atoms with Crippen LogP contribution in [0, 0.1) is 50.5 Å². The summed E-state index contributed by atoms with van der Waals surface area (Å²) in [5, 5.41) is 25.9. The van der Waals surface area contributed by atoms with Crippen molar-refractivity contribution in [3.8, 4) is 0 Å². The smallest absolute Gasteiger partial charge is 0.207 e. The third-order valence-electron chi connectivity index (χ3n) is 9.32. The number of aliphatic hydroxyl groups excluding tert-OH is 1. The van der Waals surface area contributed by atoms with E-state index in [0.717, 1.165) is 44.2 Å². The molecule has 3 saturated carbocycles. The van der Waals surface area contributed by atoms with Gasteiger partial charge in [-0.05, 0) is 80.5 Å². The number of nitrogens with zero attached hydrogens (tertiary/aromatic N) is 2. The predicted molar refractivity (Wildman–Crippen MR) is 112 cm³/mol. The van der Waals surface area contributed by atoms with Crippen molar-refractivity contribution in [2.75, 3.05) is 13.7 Å². The highest BCUT2D eigenvalue weighted by atomic mass is 16.6. The van der Waals surface area contributed by atoms with E-state index >= 15 is 0 Å². The standard InChI is InChI=1S/C23H36N2O4/c1-14(24-29-4)21-15(13-25(27)28)11-20-18-6-5-16-12-17(26)7-9-22(16,2)19(18)8-10-23(20,21)3/h5,15,17-21,26H,6-13H2,1-4H3/b24-14+/t15-,17-,18-,19-,20-,21-,22-,23-/m0/s1. The van der Waals surface area contributed by atoms with E-state index in [4.69, 9.17) is 4.84 Å². The Kier molecular flexibility index (Phi) is 5.29. The minimum Gasteiger partial charge on any atom is -0.399 e. The fourth-order valence-corrected chi connectivity index (χ4v) is 8.21. The van der Waals surface area contributed by atoms with Crippen LogP contribution < -0.4 is 0 Å². The first-order chi connectivity index (χ1) is 13.7. The van der Waals surface area contributed by atoms with E-state index in [1.165, 1.54) is 12.0 Å². The molecule has 3 fully saturated rings. The van der Waals surface area contributed by atoms with Crippen LogP contribution in [0.5, 0.6) is 0 Å². The zero-order valence-electron chi connectivity index (χ0n) is 18.3. The van der Waals surface area contributed by atoms with Crippen LogP contribution in [0.3, 0.4) is 0 Å². The molecule has 0 aromatic heterocycles. The van der Waals surface area contributed by atoms with Gasteiger partial charge in [-0.3, -0.25) is 10.1 Å². The van der Waals surface area contributed by atoms with Crippen LogP contribution in [0.25, 0.3) is 0 Å². The van der Waals surface area contributed by atoms with E-state index in [1.807, 2.05) is 6.92 Å². The maximum Gasteiger partial charge on any atom is 0.207 e. The van der Waals surface area contributed by atoms with Gasteiger partial charge in [0.15, 0.2) is 0 Å². The van der Waals surface area contributed by atoms with Gasteiger partial charge in [0.25, 0.3) is 0 Å². The molecule has 0 aromatic carbocycles. The molecule has 0 radical (unpaired) electrons. The molecule has 4 rings (SSSR count). The molecule has 1 N–H and O–H groups in total. The van der Waals surface area contributed by atoms with E-state index in [9.17, 15) is 15.2 Å². The minimum atomic E-state index is -0.187. The number of oxime groups is 1. The zero-order valence-corrected chi connectivity index (χ0v) is 18.3. The monoisotopic (exact) mass is 404 g/mol. The fourth-order valence-electron chi connectivity index (χ4n) is 8.21. The summed E-state index contributed by atoms with van der Waals surface area (Å²) < 4.78 is 0. The summed E-state index contributed by atoms with van der Waals surface area (Å²) in [5.74, 6) is 1.84. The number of hydrogen-bond acceptors (Lipinski definition) is 5. The average molecular weight is 405 g/mol. The van der Waals surface area contributed by atoms with Crippen molar-refractivity contribution in [2.24, 2.45) is 45.6 Å². The summed E-state index contributed by atoms with van der Waals surface area (Å²) in [6.45, 7) is 6.79. The van der Waals surface area contributed by atoms with E-state index in [-0.39, 0.29) is 40.2 Å².